The standard InChI is InChI=1S/C12H22N4O/c1-6-7-9-14-10(16-13)8(2)11(15-9)17-12(3,4)5/h6-7,13H2,1-5H3,(H,14,15,16). The van der Waals surface area contributed by atoms with Crippen LogP contribution in [0.1, 0.15) is 45.5 Å². The van der Waals surface area contributed by atoms with Crippen LogP contribution in [0.2, 0.25) is 0 Å². The fraction of sp³-hybridized carbons (Fsp3) is 0.667. The highest BCUT2D eigenvalue weighted by atomic mass is 16.5. The molecule has 0 fully saturated rings. The maximum Gasteiger partial charge on any atom is 0.222 e. The van der Waals surface area contributed by atoms with Crippen LogP contribution >= 0.6 is 0 Å². The maximum absolute atomic E-state index is 5.82. The van der Waals surface area contributed by atoms with Gasteiger partial charge in [0.1, 0.15) is 17.2 Å². The average Bonchev–Trinajstić information content (AvgIpc) is 2.21. The van der Waals surface area contributed by atoms with Gasteiger partial charge in [-0.25, -0.2) is 10.8 Å². The molecule has 0 bridgehead atoms. The molecule has 3 N–H and O–H groups in total. The van der Waals surface area contributed by atoms with Crippen LogP contribution < -0.4 is 16.0 Å². The number of nitrogens with zero attached hydrogens (tertiary/aromatic N) is 2. The molecule has 0 aliphatic rings. The van der Waals surface area contributed by atoms with E-state index in [0.717, 1.165) is 24.2 Å². The first-order chi connectivity index (χ1) is 7.87. The van der Waals surface area contributed by atoms with Crippen molar-refractivity contribution in [2.24, 2.45) is 5.84 Å². The quantitative estimate of drug-likeness (QED) is 0.621. The van der Waals surface area contributed by atoms with E-state index < -0.39 is 0 Å². The number of hydrogen-bond donors (Lipinski definition) is 2. The Balaban J connectivity index is 3.13. The molecule has 0 spiro atoms. The van der Waals surface area contributed by atoms with Crippen LogP contribution in [0.25, 0.3) is 0 Å². The zero-order valence-electron chi connectivity index (χ0n) is 11.3. The Morgan fingerprint density at radius 2 is 1.94 bits per heavy atom. The zero-order chi connectivity index (χ0) is 13.1. The summed E-state index contributed by atoms with van der Waals surface area (Å²) in [6, 6.07) is 0. The van der Waals surface area contributed by atoms with Gasteiger partial charge in [-0.15, -0.1) is 0 Å². The van der Waals surface area contributed by atoms with Gasteiger partial charge in [0.15, 0.2) is 0 Å². The number of aromatic nitrogens is 2. The van der Waals surface area contributed by atoms with Crippen molar-refractivity contribution in [3.05, 3.63) is 11.4 Å². The Bertz CT molecular complexity index is 385. The number of anilines is 1. The van der Waals surface area contributed by atoms with Gasteiger partial charge in [0, 0.05) is 6.42 Å². The largest absolute Gasteiger partial charge is 0.472 e. The summed E-state index contributed by atoms with van der Waals surface area (Å²) in [5, 5.41) is 0. The number of rotatable bonds is 4. The Labute approximate surface area is 103 Å². The van der Waals surface area contributed by atoms with Crippen molar-refractivity contribution in [2.45, 2.75) is 53.1 Å². The number of nitrogens with two attached hydrogens (primary N) is 1. The SMILES string of the molecule is CCCc1nc(NN)c(C)c(OC(C)(C)C)n1. The number of hydrogen-bond acceptors (Lipinski definition) is 5. The van der Waals surface area contributed by atoms with Gasteiger partial charge in [0.25, 0.3) is 0 Å². The summed E-state index contributed by atoms with van der Waals surface area (Å²) in [5.41, 5.74) is 3.14. The van der Waals surface area contributed by atoms with Crippen molar-refractivity contribution in [3.8, 4) is 5.88 Å². The van der Waals surface area contributed by atoms with Gasteiger partial charge < -0.3 is 10.2 Å². The minimum Gasteiger partial charge on any atom is -0.472 e. The molecular weight excluding hydrogens is 216 g/mol. The average molecular weight is 238 g/mol. The lowest BCUT2D eigenvalue weighted by molar-refractivity contribution is 0.122. The van der Waals surface area contributed by atoms with Crippen molar-refractivity contribution in [2.75, 3.05) is 5.43 Å². The minimum atomic E-state index is -0.283. The molecule has 5 nitrogen and oxygen atoms in total. The highest BCUT2D eigenvalue weighted by molar-refractivity contribution is 5.47. The number of nitrogen functional groups attached to an aromatic ring is 1. The van der Waals surface area contributed by atoms with Crippen LogP contribution in [0, 0.1) is 6.92 Å². The van der Waals surface area contributed by atoms with Crippen LogP contribution in [0.4, 0.5) is 5.82 Å². The van der Waals surface area contributed by atoms with E-state index >= 15 is 0 Å². The predicted molar refractivity (Wildman–Crippen MR) is 69.0 cm³/mol. The third kappa shape index (κ3) is 3.85. The first-order valence-corrected chi connectivity index (χ1v) is 5.90. The Hall–Kier alpha value is -1.36. The fourth-order valence-corrected chi connectivity index (χ4v) is 1.41. The zero-order valence-corrected chi connectivity index (χ0v) is 11.3. The second-order valence-electron chi connectivity index (χ2n) is 5.03. The van der Waals surface area contributed by atoms with E-state index in [2.05, 4.69) is 22.3 Å². The molecule has 1 rings (SSSR count). The van der Waals surface area contributed by atoms with E-state index in [1.165, 1.54) is 0 Å². The van der Waals surface area contributed by atoms with E-state index in [1.807, 2.05) is 27.7 Å². The molecule has 1 aromatic rings. The van der Waals surface area contributed by atoms with E-state index in [1.54, 1.807) is 0 Å². The molecule has 0 atom stereocenters. The van der Waals surface area contributed by atoms with Crippen molar-refractivity contribution >= 4 is 5.82 Å². The van der Waals surface area contributed by atoms with Gasteiger partial charge in [0.05, 0.1) is 5.56 Å². The highest BCUT2D eigenvalue weighted by Crippen LogP contribution is 2.25. The summed E-state index contributed by atoms with van der Waals surface area (Å²) < 4.78 is 5.82. The first kappa shape index (κ1) is 13.7. The third-order valence-corrected chi connectivity index (χ3v) is 2.16. The lowest BCUT2D eigenvalue weighted by atomic mass is 10.2. The molecular formula is C12H22N4O. The summed E-state index contributed by atoms with van der Waals surface area (Å²) in [7, 11) is 0. The predicted octanol–water partition coefficient (Wildman–Crippen LogP) is 2.20. The van der Waals surface area contributed by atoms with Crippen LogP contribution in [-0.2, 0) is 6.42 Å². The molecule has 1 aromatic heterocycles. The Kier molecular flexibility index (Phi) is 4.28. The second kappa shape index (κ2) is 5.31. The van der Waals surface area contributed by atoms with Crippen LogP contribution in [0.15, 0.2) is 0 Å². The summed E-state index contributed by atoms with van der Waals surface area (Å²) in [4.78, 5) is 8.77. The molecule has 0 aliphatic carbocycles. The van der Waals surface area contributed by atoms with Crippen molar-refractivity contribution in [1.82, 2.24) is 9.97 Å². The van der Waals surface area contributed by atoms with Gasteiger partial charge in [0.2, 0.25) is 5.88 Å². The van der Waals surface area contributed by atoms with Crippen molar-refractivity contribution in [3.63, 3.8) is 0 Å². The number of hydrazine groups is 1. The minimum absolute atomic E-state index is 0.283. The molecule has 0 radical (unpaired) electrons. The van der Waals surface area contributed by atoms with E-state index in [9.17, 15) is 0 Å². The highest BCUT2D eigenvalue weighted by Gasteiger charge is 2.18. The topological polar surface area (TPSA) is 73.1 Å². The second-order valence-corrected chi connectivity index (χ2v) is 5.03. The van der Waals surface area contributed by atoms with Gasteiger partial charge in [-0.05, 0) is 34.1 Å². The Morgan fingerprint density at radius 3 is 2.41 bits per heavy atom. The van der Waals surface area contributed by atoms with Crippen LogP contribution in [0.5, 0.6) is 5.88 Å². The molecule has 17 heavy (non-hydrogen) atoms. The van der Waals surface area contributed by atoms with Gasteiger partial charge in [-0.2, -0.15) is 4.98 Å². The smallest absolute Gasteiger partial charge is 0.222 e. The van der Waals surface area contributed by atoms with E-state index in [-0.39, 0.29) is 5.60 Å². The molecule has 0 aromatic carbocycles. The summed E-state index contributed by atoms with van der Waals surface area (Å²) in [6.45, 7) is 9.95. The first-order valence-electron chi connectivity index (χ1n) is 5.90. The number of nitrogens with one attached hydrogen (secondary N) is 1. The lowest BCUT2D eigenvalue weighted by Gasteiger charge is -2.22. The summed E-state index contributed by atoms with van der Waals surface area (Å²) >= 11 is 0. The number of ether oxygens (including phenoxy) is 1. The van der Waals surface area contributed by atoms with Gasteiger partial charge in [-0.1, -0.05) is 6.92 Å². The normalized spacial score (nSPS) is 11.4. The molecule has 96 valence electrons. The molecule has 0 unspecified atom stereocenters. The van der Waals surface area contributed by atoms with Crippen molar-refractivity contribution < 1.29 is 4.74 Å². The van der Waals surface area contributed by atoms with E-state index in [4.69, 9.17) is 10.6 Å². The summed E-state index contributed by atoms with van der Waals surface area (Å²) in [5.74, 6) is 7.44. The Morgan fingerprint density at radius 1 is 1.29 bits per heavy atom. The molecule has 5 heteroatoms. The monoisotopic (exact) mass is 238 g/mol. The number of aryl methyl sites for hydroxylation is 1. The van der Waals surface area contributed by atoms with Crippen LogP contribution in [0.3, 0.4) is 0 Å². The van der Waals surface area contributed by atoms with Crippen molar-refractivity contribution in [1.29, 1.82) is 0 Å². The van der Waals surface area contributed by atoms with Crippen LogP contribution in [-0.4, -0.2) is 15.6 Å². The lowest BCUT2D eigenvalue weighted by Crippen LogP contribution is -2.25. The van der Waals surface area contributed by atoms with Gasteiger partial charge >= 0.3 is 0 Å². The maximum atomic E-state index is 5.82. The fourth-order valence-electron chi connectivity index (χ4n) is 1.41. The third-order valence-electron chi connectivity index (χ3n) is 2.16. The van der Waals surface area contributed by atoms with E-state index in [0.29, 0.717) is 11.7 Å². The summed E-state index contributed by atoms with van der Waals surface area (Å²) in [6.07, 6.45) is 1.80. The molecule has 0 amide bonds. The molecule has 0 saturated heterocycles. The molecule has 0 aliphatic heterocycles. The van der Waals surface area contributed by atoms with Gasteiger partial charge in [-0.3, -0.25) is 0 Å². The molecule has 0 saturated carbocycles. The molecule has 1 heterocycles.